The number of hydrogen-bond acceptors (Lipinski definition) is 6. The van der Waals surface area contributed by atoms with Crippen LogP contribution in [0.4, 0.5) is 14.5 Å². The summed E-state index contributed by atoms with van der Waals surface area (Å²) in [7, 11) is 1.05. The second kappa shape index (κ2) is 5.81. The van der Waals surface area contributed by atoms with Crippen molar-refractivity contribution in [2.75, 3.05) is 7.11 Å². The molecule has 0 fully saturated rings. The quantitative estimate of drug-likeness (QED) is 0.466. The summed E-state index contributed by atoms with van der Waals surface area (Å²) < 4.78 is 30.0. The number of methoxy groups -OCH3 is 1. The third-order valence-corrected chi connectivity index (χ3v) is 2.23. The maximum absolute atomic E-state index is 12.8. The average Bonchev–Trinajstić information content (AvgIpc) is 2.37. The number of aromatic nitrogens is 1. The molecule has 0 saturated carbocycles. The molecule has 0 aliphatic carbocycles. The van der Waals surface area contributed by atoms with Crippen LogP contribution in [0.25, 0.3) is 0 Å². The van der Waals surface area contributed by atoms with Gasteiger partial charge < -0.3 is 4.74 Å². The van der Waals surface area contributed by atoms with Crippen LogP contribution in [-0.2, 0) is 16.0 Å². The Kier molecular flexibility index (Phi) is 4.41. The molecule has 9 heteroatoms. The summed E-state index contributed by atoms with van der Waals surface area (Å²) in [6.45, 7) is 0. The number of nitro groups is 1. The van der Waals surface area contributed by atoms with Crippen LogP contribution in [-0.4, -0.2) is 23.0 Å². The molecule has 0 bridgehead atoms. The normalized spacial score (nSPS) is 10.1. The molecule has 1 heterocycles. The van der Waals surface area contributed by atoms with E-state index in [1.807, 2.05) is 0 Å². The number of alkyl halides is 2. The van der Waals surface area contributed by atoms with Gasteiger partial charge in [-0.15, -0.1) is 0 Å². The summed E-state index contributed by atoms with van der Waals surface area (Å²) in [5.74, 6) is -0.861. The van der Waals surface area contributed by atoms with Crippen LogP contribution in [0.3, 0.4) is 0 Å². The molecule has 0 radical (unpaired) electrons. The largest absolute Gasteiger partial charge is 0.469 e. The number of hydrogen-bond donors (Lipinski definition) is 0. The number of ether oxygens (including phenoxy) is 1. The van der Waals surface area contributed by atoms with Gasteiger partial charge in [-0.3, -0.25) is 19.9 Å². The zero-order chi connectivity index (χ0) is 14.6. The zero-order valence-corrected chi connectivity index (χ0v) is 9.59. The van der Waals surface area contributed by atoms with Crippen molar-refractivity contribution in [2.24, 2.45) is 0 Å². The maximum atomic E-state index is 12.8. The van der Waals surface area contributed by atoms with E-state index in [-0.39, 0.29) is 0 Å². The van der Waals surface area contributed by atoms with E-state index < -0.39 is 46.2 Å². The second-order valence-electron chi connectivity index (χ2n) is 3.30. The minimum atomic E-state index is -3.23. The van der Waals surface area contributed by atoms with Gasteiger partial charge in [-0.05, 0) is 0 Å². The number of nitrogens with zero attached hydrogens (tertiary/aromatic N) is 3. The molecule has 1 aromatic rings. The van der Waals surface area contributed by atoms with Crippen molar-refractivity contribution in [1.82, 2.24) is 4.98 Å². The molecule has 7 nitrogen and oxygen atoms in total. The first kappa shape index (κ1) is 14.4. The lowest BCUT2D eigenvalue weighted by Crippen LogP contribution is -2.11. The van der Waals surface area contributed by atoms with Crippen molar-refractivity contribution >= 4 is 11.7 Å². The Balaban J connectivity index is 3.50. The van der Waals surface area contributed by atoms with Gasteiger partial charge in [-0.25, -0.2) is 8.78 Å². The highest BCUT2D eigenvalue weighted by atomic mass is 19.3. The summed E-state index contributed by atoms with van der Waals surface area (Å²) >= 11 is 0. The molecule has 1 aromatic heterocycles. The monoisotopic (exact) mass is 271 g/mol. The predicted molar refractivity (Wildman–Crippen MR) is 56.3 cm³/mol. The number of pyridine rings is 1. The summed E-state index contributed by atoms with van der Waals surface area (Å²) in [5.41, 5.74) is -3.14. The molecule has 0 unspecified atom stereocenters. The molecule has 100 valence electrons. The predicted octanol–water partition coefficient (Wildman–Crippen LogP) is 1.51. The highest BCUT2D eigenvalue weighted by Crippen LogP contribution is 2.33. The van der Waals surface area contributed by atoms with Gasteiger partial charge in [-0.2, -0.15) is 5.26 Å². The van der Waals surface area contributed by atoms with E-state index >= 15 is 0 Å². The molecule has 0 atom stereocenters. The number of esters is 1. The van der Waals surface area contributed by atoms with Gasteiger partial charge in [0.05, 0.1) is 24.0 Å². The molecular weight excluding hydrogens is 264 g/mol. The third-order valence-electron chi connectivity index (χ3n) is 2.23. The molecule has 0 spiro atoms. The molecule has 0 saturated heterocycles. The van der Waals surface area contributed by atoms with E-state index in [2.05, 4.69) is 9.72 Å². The molecular formula is C10H7F2N3O4. The lowest BCUT2D eigenvalue weighted by Gasteiger charge is -2.07. The van der Waals surface area contributed by atoms with Crippen LogP contribution in [0.15, 0.2) is 6.20 Å². The number of nitriles is 1. The Bertz CT molecular complexity index is 569. The second-order valence-corrected chi connectivity index (χ2v) is 3.30. The fraction of sp³-hybridized carbons (Fsp3) is 0.300. The topological polar surface area (TPSA) is 106 Å². The Morgan fingerprint density at radius 1 is 1.68 bits per heavy atom. The molecule has 0 aromatic carbocycles. The van der Waals surface area contributed by atoms with Crippen molar-refractivity contribution in [3.05, 3.63) is 33.1 Å². The van der Waals surface area contributed by atoms with E-state index in [1.165, 1.54) is 6.07 Å². The SMILES string of the molecule is COC(=O)Cc1ncc(C#N)c(C(F)F)c1[N+](=O)[O-]. The first-order chi connectivity index (χ1) is 8.92. The Morgan fingerprint density at radius 3 is 2.74 bits per heavy atom. The van der Waals surface area contributed by atoms with Crippen molar-refractivity contribution in [2.45, 2.75) is 12.8 Å². The Hall–Kier alpha value is -2.63. The van der Waals surface area contributed by atoms with Gasteiger partial charge in [0.2, 0.25) is 0 Å². The first-order valence-corrected chi connectivity index (χ1v) is 4.83. The first-order valence-electron chi connectivity index (χ1n) is 4.83. The van der Waals surface area contributed by atoms with E-state index in [0.717, 1.165) is 13.3 Å². The summed E-state index contributed by atoms with van der Waals surface area (Å²) in [6, 6.07) is 1.40. The van der Waals surface area contributed by atoms with E-state index in [0.29, 0.717) is 0 Å². The number of carbonyl (C=O) groups excluding carboxylic acids is 1. The average molecular weight is 271 g/mol. The molecule has 1 rings (SSSR count). The fourth-order valence-electron chi connectivity index (χ4n) is 1.41. The molecule has 0 aliphatic heterocycles. The van der Waals surface area contributed by atoms with Crippen LogP contribution in [0.2, 0.25) is 0 Å². The standard InChI is InChI=1S/C10H7F2N3O4/c1-19-7(16)2-6-9(15(17)18)8(10(11)12)5(3-13)4-14-6/h4,10H,2H2,1H3. The Labute approximate surface area is 105 Å². The van der Waals surface area contributed by atoms with Crippen molar-refractivity contribution in [3.63, 3.8) is 0 Å². The minimum Gasteiger partial charge on any atom is -0.469 e. The van der Waals surface area contributed by atoms with E-state index in [1.54, 1.807) is 0 Å². The van der Waals surface area contributed by atoms with Gasteiger partial charge in [0.25, 0.3) is 6.43 Å². The van der Waals surface area contributed by atoms with Crippen molar-refractivity contribution in [3.8, 4) is 6.07 Å². The number of halogens is 2. The van der Waals surface area contributed by atoms with E-state index in [4.69, 9.17) is 5.26 Å². The van der Waals surface area contributed by atoms with Crippen LogP contribution in [0, 0.1) is 21.4 Å². The van der Waals surface area contributed by atoms with Crippen molar-refractivity contribution < 1.29 is 23.2 Å². The van der Waals surface area contributed by atoms with Gasteiger partial charge in [0.15, 0.2) is 0 Å². The maximum Gasteiger partial charge on any atom is 0.311 e. The lowest BCUT2D eigenvalue weighted by molar-refractivity contribution is -0.387. The zero-order valence-electron chi connectivity index (χ0n) is 9.59. The molecule has 19 heavy (non-hydrogen) atoms. The molecule has 0 N–H and O–H groups in total. The third kappa shape index (κ3) is 2.98. The summed E-state index contributed by atoms with van der Waals surface area (Å²) in [6.07, 6.45) is -3.08. The summed E-state index contributed by atoms with van der Waals surface area (Å²) in [4.78, 5) is 24.3. The van der Waals surface area contributed by atoms with Crippen LogP contribution < -0.4 is 0 Å². The van der Waals surface area contributed by atoms with Gasteiger partial charge in [0, 0.05) is 6.20 Å². The van der Waals surface area contributed by atoms with Crippen LogP contribution in [0.1, 0.15) is 23.2 Å². The highest BCUT2D eigenvalue weighted by molar-refractivity contribution is 5.74. The number of rotatable bonds is 4. The number of carbonyl (C=O) groups is 1. The van der Waals surface area contributed by atoms with Gasteiger partial charge in [0.1, 0.15) is 17.3 Å². The van der Waals surface area contributed by atoms with Crippen LogP contribution in [0.5, 0.6) is 0 Å². The minimum absolute atomic E-state index is 0.467. The fourth-order valence-corrected chi connectivity index (χ4v) is 1.41. The lowest BCUT2D eigenvalue weighted by atomic mass is 10.1. The van der Waals surface area contributed by atoms with E-state index in [9.17, 15) is 23.7 Å². The molecule has 0 aliphatic rings. The summed E-state index contributed by atoms with van der Waals surface area (Å²) in [5, 5.41) is 19.5. The van der Waals surface area contributed by atoms with Crippen molar-refractivity contribution in [1.29, 1.82) is 5.26 Å². The Morgan fingerprint density at radius 2 is 2.32 bits per heavy atom. The highest BCUT2D eigenvalue weighted by Gasteiger charge is 2.31. The van der Waals surface area contributed by atoms with Crippen LogP contribution >= 0.6 is 0 Å². The molecule has 0 amide bonds. The van der Waals surface area contributed by atoms with Gasteiger partial charge in [-0.1, -0.05) is 0 Å². The van der Waals surface area contributed by atoms with Gasteiger partial charge >= 0.3 is 11.7 Å². The smallest absolute Gasteiger partial charge is 0.311 e.